The molecule has 0 amide bonds. The Morgan fingerprint density at radius 3 is 2.12 bits per heavy atom. The van der Waals surface area contributed by atoms with E-state index in [4.69, 9.17) is 0 Å². The van der Waals surface area contributed by atoms with E-state index in [0.29, 0.717) is 11.7 Å². The van der Waals surface area contributed by atoms with Crippen LogP contribution in [-0.4, -0.2) is 5.78 Å². The van der Waals surface area contributed by atoms with Crippen molar-refractivity contribution in [3.63, 3.8) is 0 Å². The Labute approximate surface area is 103 Å². The van der Waals surface area contributed by atoms with Crippen LogP contribution in [0.1, 0.15) is 66.8 Å². The smallest absolute Gasteiger partial charge is 0.165 e. The van der Waals surface area contributed by atoms with Crippen LogP contribution in [-0.2, 0) is 0 Å². The van der Waals surface area contributed by atoms with Crippen LogP contribution < -0.4 is 0 Å². The van der Waals surface area contributed by atoms with Crippen LogP contribution in [0.3, 0.4) is 0 Å². The molecule has 0 radical (unpaired) electrons. The first kappa shape index (κ1) is 11.0. The van der Waals surface area contributed by atoms with E-state index >= 15 is 0 Å². The lowest BCUT2D eigenvalue weighted by Gasteiger charge is -2.22. The molecule has 0 aromatic heterocycles. The second-order valence-corrected chi connectivity index (χ2v) is 5.60. The lowest BCUT2D eigenvalue weighted by molar-refractivity contribution is 0.0967. The van der Waals surface area contributed by atoms with Crippen LogP contribution in [0.25, 0.3) is 0 Å². The van der Waals surface area contributed by atoms with Gasteiger partial charge in [0.2, 0.25) is 0 Å². The first-order valence-electron chi connectivity index (χ1n) is 6.99. The van der Waals surface area contributed by atoms with Crippen LogP contribution in [0, 0.1) is 5.92 Å². The third-order valence-electron chi connectivity index (χ3n) is 4.22. The lowest BCUT2D eigenvalue weighted by Crippen LogP contribution is -2.06. The van der Waals surface area contributed by atoms with Crippen molar-refractivity contribution in [3.8, 4) is 0 Å². The second kappa shape index (κ2) is 4.64. The molecule has 2 aliphatic carbocycles. The Bertz CT molecular complexity index is 394. The molecule has 3 rings (SSSR count). The van der Waals surface area contributed by atoms with Gasteiger partial charge in [0.1, 0.15) is 0 Å². The molecule has 2 fully saturated rings. The summed E-state index contributed by atoms with van der Waals surface area (Å²) < 4.78 is 0. The van der Waals surface area contributed by atoms with Crippen molar-refractivity contribution in [2.45, 2.75) is 50.9 Å². The van der Waals surface area contributed by atoms with Gasteiger partial charge < -0.3 is 0 Å². The maximum atomic E-state index is 11.9. The van der Waals surface area contributed by atoms with Crippen molar-refractivity contribution in [2.75, 3.05) is 0 Å². The van der Waals surface area contributed by atoms with Gasteiger partial charge in [-0.25, -0.2) is 0 Å². The van der Waals surface area contributed by atoms with Crippen molar-refractivity contribution < 1.29 is 4.79 Å². The van der Waals surface area contributed by atoms with E-state index in [2.05, 4.69) is 12.1 Å². The van der Waals surface area contributed by atoms with Gasteiger partial charge in [-0.15, -0.1) is 0 Å². The lowest BCUT2D eigenvalue weighted by atomic mass is 9.84. The first-order valence-corrected chi connectivity index (χ1v) is 6.99. The van der Waals surface area contributed by atoms with Crippen LogP contribution in [0.15, 0.2) is 24.3 Å². The zero-order chi connectivity index (χ0) is 11.7. The van der Waals surface area contributed by atoms with Gasteiger partial charge in [-0.05, 0) is 37.2 Å². The Kier molecular flexibility index (Phi) is 3.00. The fraction of sp³-hybridized carbons (Fsp3) is 0.562. The van der Waals surface area contributed by atoms with Gasteiger partial charge in [0.05, 0.1) is 0 Å². The van der Waals surface area contributed by atoms with Gasteiger partial charge >= 0.3 is 0 Å². The SMILES string of the molecule is O=C(c1ccc(C2CCCCC2)cc1)C1CC1. The third kappa shape index (κ3) is 2.43. The fourth-order valence-electron chi connectivity index (χ4n) is 2.94. The largest absolute Gasteiger partial charge is 0.294 e. The normalized spacial score (nSPS) is 21.4. The highest BCUT2D eigenvalue weighted by Crippen LogP contribution is 2.35. The molecule has 2 aliphatic rings. The summed E-state index contributed by atoms with van der Waals surface area (Å²) in [6, 6.07) is 8.46. The number of hydrogen-bond acceptors (Lipinski definition) is 1. The Morgan fingerprint density at radius 2 is 1.53 bits per heavy atom. The average molecular weight is 228 g/mol. The molecule has 1 heteroatoms. The van der Waals surface area contributed by atoms with Crippen LogP contribution in [0.2, 0.25) is 0 Å². The van der Waals surface area contributed by atoms with E-state index in [1.165, 1.54) is 37.7 Å². The summed E-state index contributed by atoms with van der Waals surface area (Å²) in [7, 11) is 0. The summed E-state index contributed by atoms with van der Waals surface area (Å²) in [6.07, 6.45) is 8.99. The van der Waals surface area contributed by atoms with E-state index in [1.54, 1.807) is 0 Å². The number of carbonyl (C=O) groups excluding carboxylic acids is 1. The molecule has 0 aliphatic heterocycles. The highest BCUT2D eigenvalue weighted by molar-refractivity contribution is 5.99. The minimum absolute atomic E-state index is 0.343. The molecule has 0 atom stereocenters. The summed E-state index contributed by atoms with van der Waals surface area (Å²) in [5, 5.41) is 0. The zero-order valence-corrected chi connectivity index (χ0v) is 10.3. The number of ketones is 1. The Morgan fingerprint density at radius 1 is 0.882 bits per heavy atom. The van der Waals surface area contributed by atoms with Crippen LogP contribution in [0.5, 0.6) is 0 Å². The Balaban J connectivity index is 1.72. The van der Waals surface area contributed by atoms with E-state index in [1.807, 2.05) is 12.1 Å². The maximum absolute atomic E-state index is 11.9. The molecule has 0 spiro atoms. The van der Waals surface area contributed by atoms with Gasteiger partial charge in [-0.2, -0.15) is 0 Å². The quantitative estimate of drug-likeness (QED) is 0.704. The van der Waals surface area contributed by atoms with Crippen molar-refractivity contribution in [1.29, 1.82) is 0 Å². The molecule has 1 aromatic rings. The predicted molar refractivity (Wildman–Crippen MR) is 69.3 cm³/mol. The van der Waals surface area contributed by atoms with E-state index in [0.717, 1.165) is 24.3 Å². The molecule has 0 heterocycles. The average Bonchev–Trinajstić information content (AvgIpc) is 3.24. The van der Waals surface area contributed by atoms with Crippen molar-refractivity contribution >= 4 is 5.78 Å². The monoisotopic (exact) mass is 228 g/mol. The van der Waals surface area contributed by atoms with Gasteiger partial charge in [0, 0.05) is 11.5 Å². The molecule has 0 saturated heterocycles. The minimum Gasteiger partial charge on any atom is -0.294 e. The van der Waals surface area contributed by atoms with Crippen molar-refractivity contribution in [2.24, 2.45) is 5.92 Å². The van der Waals surface area contributed by atoms with E-state index < -0.39 is 0 Å². The second-order valence-electron chi connectivity index (χ2n) is 5.60. The minimum atomic E-state index is 0.343. The van der Waals surface area contributed by atoms with Gasteiger partial charge in [-0.3, -0.25) is 4.79 Å². The van der Waals surface area contributed by atoms with Crippen molar-refractivity contribution in [1.82, 2.24) is 0 Å². The number of benzene rings is 1. The van der Waals surface area contributed by atoms with Crippen LogP contribution in [0.4, 0.5) is 0 Å². The molecule has 90 valence electrons. The molecular formula is C16H20O. The topological polar surface area (TPSA) is 17.1 Å². The molecule has 0 bridgehead atoms. The highest BCUT2D eigenvalue weighted by atomic mass is 16.1. The summed E-state index contributed by atoms with van der Waals surface area (Å²) in [4.78, 5) is 11.9. The molecule has 0 unspecified atom stereocenters. The van der Waals surface area contributed by atoms with Crippen molar-refractivity contribution in [3.05, 3.63) is 35.4 Å². The maximum Gasteiger partial charge on any atom is 0.165 e. The molecular weight excluding hydrogens is 208 g/mol. The number of rotatable bonds is 3. The summed E-state index contributed by atoms with van der Waals surface area (Å²) in [5.74, 6) is 1.45. The summed E-state index contributed by atoms with van der Waals surface area (Å²) in [6.45, 7) is 0. The fourth-order valence-corrected chi connectivity index (χ4v) is 2.94. The first-order chi connectivity index (χ1) is 8.34. The van der Waals surface area contributed by atoms with Crippen LogP contribution >= 0.6 is 0 Å². The third-order valence-corrected chi connectivity index (χ3v) is 4.22. The van der Waals surface area contributed by atoms with Gasteiger partial charge in [-0.1, -0.05) is 43.5 Å². The van der Waals surface area contributed by atoms with E-state index in [9.17, 15) is 4.79 Å². The predicted octanol–water partition coefficient (Wildman–Crippen LogP) is 4.33. The number of Topliss-reactive ketones (excluding diaryl/α,β-unsaturated/α-hetero) is 1. The summed E-state index contributed by atoms with van der Waals surface area (Å²) in [5.41, 5.74) is 2.36. The highest BCUT2D eigenvalue weighted by Gasteiger charge is 2.30. The molecule has 17 heavy (non-hydrogen) atoms. The van der Waals surface area contributed by atoms with E-state index in [-0.39, 0.29) is 0 Å². The molecule has 2 saturated carbocycles. The van der Waals surface area contributed by atoms with Gasteiger partial charge in [0.25, 0.3) is 0 Å². The number of carbonyl (C=O) groups is 1. The van der Waals surface area contributed by atoms with Gasteiger partial charge in [0.15, 0.2) is 5.78 Å². The molecule has 1 aromatic carbocycles. The zero-order valence-electron chi connectivity index (χ0n) is 10.3. The molecule has 1 nitrogen and oxygen atoms in total. The molecule has 0 N–H and O–H groups in total. The standard InChI is InChI=1S/C16H20O/c17-16(15-10-11-15)14-8-6-13(7-9-14)12-4-2-1-3-5-12/h6-9,12,15H,1-5,10-11H2. The number of hydrogen-bond donors (Lipinski definition) is 0. The summed E-state index contributed by atoms with van der Waals surface area (Å²) >= 11 is 0. The Hall–Kier alpha value is -1.11.